The van der Waals surface area contributed by atoms with Crippen LogP contribution in [0.4, 0.5) is 5.69 Å². The third-order valence-corrected chi connectivity index (χ3v) is 4.51. The van der Waals surface area contributed by atoms with E-state index in [0.29, 0.717) is 32.0 Å². The number of halogens is 3. The number of nitrogens with zero attached hydrogens (tertiary/aromatic N) is 2. The Bertz CT molecular complexity index is 994. The fourth-order valence-electron chi connectivity index (χ4n) is 2.37. The van der Waals surface area contributed by atoms with Crippen LogP contribution < -0.4 is 5.56 Å². The van der Waals surface area contributed by atoms with Gasteiger partial charge in [-0.1, -0.05) is 52.5 Å². The van der Waals surface area contributed by atoms with Crippen molar-refractivity contribution >= 4 is 46.7 Å². The first-order chi connectivity index (χ1) is 11.9. The van der Waals surface area contributed by atoms with Crippen LogP contribution in [0, 0.1) is 13.8 Å². The molecule has 0 spiro atoms. The summed E-state index contributed by atoms with van der Waals surface area (Å²) in [4.78, 5) is 17.0. The minimum Gasteiger partial charge on any atom is -0.295 e. The molecule has 0 saturated heterocycles. The highest BCUT2D eigenvalue weighted by molar-refractivity contribution is 6.41. The normalized spacial score (nSPS) is 11.4. The largest absolute Gasteiger partial charge is 0.295 e. The molecule has 0 aliphatic carbocycles. The van der Waals surface area contributed by atoms with E-state index < -0.39 is 0 Å². The molecule has 1 N–H and O–H groups in total. The number of hydrogen-bond acceptors (Lipinski definition) is 2. The number of aryl methyl sites for hydroxylation is 2. The number of aliphatic imine (C=N–C) groups is 1. The van der Waals surface area contributed by atoms with E-state index in [1.807, 2.05) is 31.2 Å². The van der Waals surface area contributed by atoms with E-state index in [9.17, 15) is 4.79 Å². The van der Waals surface area contributed by atoms with Crippen LogP contribution in [0.3, 0.4) is 0 Å². The number of H-pyrrole nitrogens is 1. The maximum Gasteiger partial charge on any atom is 0.280 e. The zero-order valence-corrected chi connectivity index (χ0v) is 15.7. The highest BCUT2D eigenvalue weighted by Crippen LogP contribution is 2.35. The fourth-order valence-corrected chi connectivity index (χ4v) is 3.29. The van der Waals surface area contributed by atoms with Crippen LogP contribution in [0.25, 0.3) is 5.69 Å². The van der Waals surface area contributed by atoms with E-state index in [4.69, 9.17) is 34.8 Å². The molecule has 0 aliphatic rings. The van der Waals surface area contributed by atoms with Gasteiger partial charge in [0, 0.05) is 16.9 Å². The van der Waals surface area contributed by atoms with E-state index in [2.05, 4.69) is 10.1 Å². The van der Waals surface area contributed by atoms with Gasteiger partial charge < -0.3 is 0 Å². The number of aromatic amines is 1. The molecule has 0 fully saturated rings. The van der Waals surface area contributed by atoms with Crippen LogP contribution in [-0.4, -0.2) is 16.0 Å². The van der Waals surface area contributed by atoms with Gasteiger partial charge in [0.2, 0.25) is 0 Å². The first kappa shape index (κ1) is 17.8. The average Bonchev–Trinajstić information content (AvgIpc) is 2.82. The Hall–Kier alpha value is -2.01. The van der Waals surface area contributed by atoms with E-state index >= 15 is 0 Å². The Morgan fingerprint density at radius 1 is 1.04 bits per heavy atom. The monoisotopic (exact) mass is 393 g/mol. The van der Waals surface area contributed by atoms with Gasteiger partial charge in [-0.25, -0.2) is 4.68 Å². The quantitative estimate of drug-likeness (QED) is 0.586. The standard InChI is InChI=1S/C18H14Cl3N3O/c1-10-3-5-13(6-4-10)24-18(25)14(11(2)23-24)9-22-17-15(20)7-12(19)8-16(17)21/h3-9,23H,1-2H3. The summed E-state index contributed by atoms with van der Waals surface area (Å²) in [6.07, 6.45) is 1.46. The van der Waals surface area contributed by atoms with E-state index in [0.717, 1.165) is 11.3 Å². The number of benzene rings is 2. The molecule has 0 saturated carbocycles. The molecule has 0 aliphatic heterocycles. The van der Waals surface area contributed by atoms with Crippen LogP contribution in [0.1, 0.15) is 16.8 Å². The summed E-state index contributed by atoms with van der Waals surface area (Å²) in [6.45, 7) is 3.79. The van der Waals surface area contributed by atoms with Gasteiger partial charge in [-0.3, -0.25) is 14.9 Å². The first-order valence-corrected chi connectivity index (χ1v) is 8.57. The Kier molecular flexibility index (Phi) is 5.04. The van der Waals surface area contributed by atoms with Gasteiger partial charge in [0.1, 0.15) is 5.69 Å². The van der Waals surface area contributed by atoms with Crippen molar-refractivity contribution in [3.05, 3.63) is 78.6 Å². The van der Waals surface area contributed by atoms with Gasteiger partial charge in [-0.05, 0) is 38.1 Å². The summed E-state index contributed by atoms with van der Waals surface area (Å²) in [5.74, 6) is 0. The third kappa shape index (κ3) is 3.66. The summed E-state index contributed by atoms with van der Waals surface area (Å²) in [7, 11) is 0. The minimum absolute atomic E-state index is 0.202. The summed E-state index contributed by atoms with van der Waals surface area (Å²) < 4.78 is 1.47. The van der Waals surface area contributed by atoms with Gasteiger partial charge in [-0.15, -0.1) is 0 Å². The minimum atomic E-state index is -0.202. The highest BCUT2D eigenvalue weighted by atomic mass is 35.5. The van der Waals surface area contributed by atoms with Crippen molar-refractivity contribution in [3.8, 4) is 5.69 Å². The molecule has 1 heterocycles. The molecule has 2 aromatic carbocycles. The van der Waals surface area contributed by atoms with Crippen LogP contribution in [-0.2, 0) is 0 Å². The lowest BCUT2D eigenvalue weighted by Gasteiger charge is -2.02. The molecular formula is C18H14Cl3N3O. The van der Waals surface area contributed by atoms with Gasteiger partial charge in [0.05, 0.1) is 21.3 Å². The lowest BCUT2D eigenvalue weighted by molar-refractivity contribution is 0.835. The van der Waals surface area contributed by atoms with Gasteiger partial charge in [0.25, 0.3) is 5.56 Å². The molecule has 4 nitrogen and oxygen atoms in total. The number of aromatic nitrogens is 2. The molecular weight excluding hydrogens is 381 g/mol. The first-order valence-electron chi connectivity index (χ1n) is 7.44. The Labute approximate surface area is 159 Å². The van der Waals surface area contributed by atoms with Crippen molar-refractivity contribution in [2.75, 3.05) is 0 Å². The molecule has 3 rings (SSSR count). The van der Waals surface area contributed by atoms with Crippen LogP contribution >= 0.6 is 34.8 Å². The van der Waals surface area contributed by atoms with Crippen molar-refractivity contribution in [1.82, 2.24) is 9.78 Å². The zero-order chi connectivity index (χ0) is 18.1. The summed E-state index contributed by atoms with van der Waals surface area (Å²) in [6, 6.07) is 10.7. The third-order valence-electron chi connectivity index (χ3n) is 3.71. The van der Waals surface area contributed by atoms with Gasteiger partial charge in [0.15, 0.2) is 0 Å². The molecule has 0 bridgehead atoms. The number of rotatable bonds is 3. The molecule has 0 atom stereocenters. The van der Waals surface area contributed by atoms with E-state index in [1.165, 1.54) is 10.9 Å². The number of hydrogen-bond donors (Lipinski definition) is 1. The zero-order valence-electron chi connectivity index (χ0n) is 13.5. The molecule has 3 aromatic rings. The summed E-state index contributed by atoms with van der Waals surface area (Å²) in [5.41, 5.74) is 3.16. The van der Waals surface area contributed by atoms with Gasteiger partial charge >= 0.3 is 0 Å². The smallest absolute Gasteiger partial charge is 0.280 e. The topological polar surface area (TPSA) is 50.1 Å². The lowest BCUT2D eigenvalue weighted by atomic mass is 10.2. The maximum atomic E-state index is 12.7. The van der Waals surface area contributed by atoms with Crippen LogP contribution in [0.2, 0.25) is 15.1 Å². The molecule has 25 heavy (non-hydrogen) atoms. The van der Waals surface area contributed by atoms with Crippen LogP contribution in [0.15, 0.2) is 46.2 Å². The predicted octanol–water partition coefficient (Wildman–Crippen LogP) is 5.49. The Balaban J connectivity index is 2.02. The fraction of sp³-hybridized carbons (Fsp3) is 0.111. The average molecular weight is 395 g/mol. The molecule has 128 valence electrons. The van der Waals surface area contributed by atoms with Crippen molar-refractivity contribution in [1.29, 1.82) is 0 Å². The Morgan fingerprint density at radius 2 is 1.64 bits per heavy atom. The second kappa shape index (κ2) is 7.08. The Morgan fingerprint density at radius 3 is 2.24 bits per heavy atom. The van der Waals surface area contributed by atoms with E-state index in [-0.39, 0.29) is 5.56 Å². The molecule has 0 radical (unpaired) electrons. The highest BCUT2D eigenvalue weighted by Gasteiger charge is 2.12. The van der Waals surface area contributed by atoms with E-state index in [1.54, 1.807) is 19.1 Å². The lowest BCUT2D eigenvalue weighted by Crippen LogP contribution is -2.17. The van der Waals surface area contributed by atoms with Crippen molar-refractivity contribution in [3.63, 3.8) is 0 Å². The SMILES string of the molecule is Cc1ccc(-n2[nH]c(C)c(C=Nc3c(Cl)cc(Cl)cc3Cl)c2=O)cc1. The predicted molar refractivity (Wildman–Crippen MR) is 105 cm³/mol. The van der Waals surface area contributed by atoms with Crippen molar-refractivity contribution in [2.45, 2.75) is 13.8 Å². The molecule has 0 unspecified atom stereocenters. The maximum absolute atomic E-state index is 12.7. The number of nitrogens with one attached hydrogen (secondary N) is 1. The van der Waals surface area contributed by atoms with Crippen molar-refractivity contribution in [2.24, 2.45) is 4.99 Å². The molecule has 0 amide bonds. The summed E-state index contributed by atoms with van der Waals surface area (Å²) in [5, 5.41) is 4.11. The van der Waals surface area contributed by atoms with Crippen molar-refractivity contribution < 1.29 is 0 Å². The van der Waals surface area contributed by atoms with Crippen LogP contribution in [0.5, 0.6) is 0 Å². The molecule has 7 heteroatoms. The van der Waals surface area contributed by atoms with Gasteiger partial charge in [-0.2, -0.15) is 0 Å². The second-order valence-corrected chi connectivity index (χ2v) is 6.85. The summed E-state index contributed by atoms with van der Waals surface area (Å²) >= 11 is 18.1. The second-order valence-electron chi connectivity index (χ2n) is 5.60. The molecule has 1 aromatic heterocycles.